The average molecular weight is 170 g/mol. The minimum Gasteiger partial charge on any atom is -0.350 e. The Hall–Kier alpha value is -0.670. The highest BCUT2D eigenvalue weighted by molar-refractivity contribution is 5.49. The molecule has 0 bridgehead atoms. The second kappa shape index (κ2) is 5.06. The summed E-state index contributed by atoms with van der Waals surface area (Å²) in [5.41, 5.74) is 0. The second-order valence-corrected chi connectivity index (χ2v) is 2.80. The molecule has 0 amide bonds. The maximum absolute atomic E-state index is 10.3. The van der Waals surface area contributed by atoms with Gasteiger partial charge in [-0.3, -0.25) is 0 Å². The summed E-state index contributed by atoms with van der Waals surface area (Å²) in [6.45, 7) is 4.90. The molecule has 68 valence electrons. The van der Waals surface area contributed by atoms with E-state index in [-0.39, 0.29) is 12.2 Å². The van der Waals surface area contributed by atoms with Gasteiger partial charge in [0.2, 0.25) is 0 Å². The van der Waals surface area contributed by atoms with Crippen molar-refractivity contribution in [3.8, 4) is 0 Å². The first-order valence-corrected chi connectivity index (χ1v) is 4.16. The molecule has 1 rings (SSSR count). The molecule has 1 heterocycles. The van der Waals surface area contributed by atoms with Crippen LogP contribution in [0.15, 0.2) is 12.7 Å². The summed E-state index contributed by atoms with van der Waals surface area (Å²) in [6, 6.07) is 0. The van der Waals surface area contributed by atoms with E-state index in [1.807, 2.05) is 0 Å². The van der Waals surface area contributed by atoms with Crippen molar-refractivity contribution < 1.29 is 14.3 Å². The van der Waals surface area contributed by atoms with Gasteiger partial charge in [-0.2, -0.15) is 0 Å². The van der Waals surface area contributed by atoms with E-state index < -0.39 is 0 Å². The first-order valence-electron chi connectivity index (χ1n) is 4.16. The summed E-state index contributed by atoms with van der Waals surface area (Å²) in [6.07, 6.45) is 3.74. The van der Waals surface area contributed by atoms with Crippen LogP contribution in [0.5, 0.6) is 0 Å². The van der Waals surface area contributed by atoms with Gasteiger partial charge in [0.25, 0.3) is 0 Å². The first-order chi connectivity index (χ1) is 5.88. The van der Waals surface area contributed by atoms with Gasteiger partial charge in [0.15, 0.2) is 6.29 Å². The van der Waals surface area contributed by atoms with Crippen molar-refractivity contribution in [3.05, 3.63) is 12.7 Å². The van der Waals surface area contributed by atoms with Crippen molar-refractivity contribution in [1.82, 2.24) is 0 Å². The van der Waals surface area contributed by atoms with Gasteiger partial charge in [-0.15, -0.1) is 6.58 Å². The molecule has 3 heteroatoms. The summed E-state index contributed by atoms with van der Waals surface area (Å²) in [5.74, 6) is 0.141. The molecular weight excluding hydrogens is 156 g/mol. The zero-order valence-electron chi connectivity index (χ0n) is 7.07. The molecule has 0 spiro atoms. The Labute approximate surface area is 72.4 Å². The predicted molar refractivity (Wildman–Crippen MR) is 44.7 cm³/mol. The number of hydrogen-bond acceptors (Lipinski definition) is 3. The monoisotopic (exact) mass is 170 g/mol. The predicted octanol–water partition coefficient (Wildman–Crippen LogP) is 1.14. The zero-order chi connectivity index (χ0) is 8.81. The molecular formula is C9H14O3. The van der Waals surface area contributed by atoms with Crippen molar-refractivity contribution in [3.63, 3.8) is 0 Å². The summed E-state index contributed by atoms with van der Waals surface area (Å²) >= 11 is 0. The number of carbonyl (C=O) groups is 1. The van der Waals surface area contributed by atoms with Crippen LogP contribution < -0.4 is 0 Å². The number of aldehydes is 1. The quantitative estimate of drug-likeness (QED) is 0.458. The van der Waals surface area contributed by atoms with Gasteiger partial charge in [-0.25, -0.2) is 0 Å². The third kappa shape index (κ3) is 2.43. The van der Waals surface area contributed by atoms with E-state index in [2.05, 4.69) is 6.58 Å². The van der Waals surface area contributed by atoms with Gasteiger partial charge in [0.1, 0.15) is 6.29 Å². The molecule has 3 nitrogen and oxygen atoms in total. The van der Waals surface area contributed by atoms with Crippen molar-refractivity contribution in [1.29, 1.82) is 0 Å². The standard InChI is InChI=1S/C9H14O3/c1-2-3-8(4-5-10)9-11-6-7-12-9/h2,5,8-9H,1,3-4,6-7H2. The summed E-state index contributed by atoms with van der Waals surface area (Å²) in [5, 5.41) is 0. The van der Waals surface area contributed by atoms with E-state index in [1.54, 1.807) is 6.08 Å². The lowest BCUT2D eigenvalue weighted by Crippen LogP contribution is -2.21. The Morgan fingerprint density at radius 2 is 2.08 bits per heavy atom. The van der Waals surface area contributed by atoms with E-state index in [0.29, 0.717) is 19.6 Å². The lowest BCUT2D eigenvalue weighted by molar-refractivity contribution is -0.115. The third-order valence-corrected chi connectivity index (χ3v) is 1.90. The second-order valence-electron chi connectivity index (χ2n) is 2.80. The van der Waals surface area contributed by atoms with Gasteiger partial charge in [0, 0.05) is 12.3 Å². The normalized spacial score (nSPS) is 20.7. The highest BCUT2D eigenvalue weighted by atomic mass is 16.7. The van der Waals surface area contributed by atoms with Gasteiger partial charge < -0.3 is 14.3 Å². The van der Waals surface area contributed by atoms with E-state index in [4.69, 9.17) is 9.47 Å². The molecule has 0 radical (unpaired) electrons. The third-order valence-electron chi connectivity index (χ3n) is 1.90. The van der Waals surface area contributed by atoms with Gasteiger partial charge >= 0.3 is 0 Å². The van der Waals surface area contributed by atoms with Gasteiger partial charge in [0.05, 0.1) is 13.2 Å². The number of ether oxygens (including phenoxy) is 2. The molecule has 1 fully saturated rings. The first kappa shape index (κ1) is 9.42. The lowest BCUT2D eigenvalue weighted by Gasteiger charge is -2.17. The Morgan fingerprint density at radius 1 is 1.42 bits per heavy atom. The average Bonchev–Trinajstić information content (AvgIpc) is 2.56. The molecule has 0 aromatic heterocycles. The van der Waals surface area contributed by atoms with Crippen LogP contribution in [0.4, 0.5) is 0 Å². The Kier molecular flexibility index (Phi) is 3.97. The molecule has 0 aromatic carbocycles. The van der Waals surface area contributed by atoms with E-state index in [0.717, 1.165) is 12.7 Å². The van der Waals surface area contributed by atoms with Gasteiger partial charge in [-0.05, 0) is 6.42 Å². The van der Waals surface area contributed by atoms with E-state index in [1.165, 1.54) is 0 Å². The van der Waals surface area contributed by atoms with Crippen LogP contribution >= 0.6 is 0 Å². The van der Waals surface area contributed by atoms with E-state index >= 15 is 0 Å². The zero-order valence-corrected chi connectivity index (χ0v) is 7.07. The number of hydrogen-bond donors (Lipinski definition) is 0. The van der Waals surface area contributed by atoms with Crippen molar-refractivity contribution >= 4 is 6.29 Å². The molecule has 0 N–H and O–H groups in total. The molecule has 0 aromatic rings. The molecule has 1 aliphatic heterocycles. The Bertz CT molecular complexity index is 140. The van der Waals surface area contributed by atoms with Crippen LogP contribution in [0.25, 0.3) is 0 Å². The topological polar surface area (TPSA) is 35.5 Å². The molecule has 1 aliphatic rings. The molecule has 0 aliphatic carbocycles. The highest BCUT2D eigenvalue weighted by Gasteiger charge is 2.25. The van der Waals surface area contributed by atoms with Crippen LogP contribution in [-0.4, -0.2) is 25.8 Å². The van der Waals surface area contributed by atoms with Crippen LogP contribution in [0.2, 0.25) is 0 Å². The highest BCUT2D eigenvalue weighted by Crippen LogP contribution is 2.20. The van der Waals surface area contributed by atoms with Crippen LogP contribution in [0, 0.1) is 5.92 Å². The minimum atomic E-state index is -0.201. The molecule has 0 saturated carbocycles. The Balaban J connectivity index is 2.38. The van der Waals surface area contributed by atoms with Crippen LogP contribution in [-0.2, 0) is 14.3 Å². The van der Waals surface area contributed by atoms with Crippen LogP contribution in [0.1, 0.15) is 12.8 Å². The number of allylic oxidation sites excluding steroid dienone is 1. The molecule has 1 unspecified atom stereocenters. The lowest BCUT2D eigenvalue weighted by atomic mass is 10.0. The van der Waals surface area contributed by atoms with E-state index in [9.17, 15) is 4.79 Å². The minimum absolute atomic E-state index is 0.141. The maximum Gasteiger partial charge on any atom is 0.161 e. The SMILES string of the molecule is C=CCC(CC=O)C1OCCO1. The molecule has 1 saturated heterocycles. The molecule has 1 atom stereocenters. The smallest absolute Gasteiger partial charge is 0.161 e. The number of carbonyl (C=O) groups excluding carboxylic acids is 1. The van der Waals surface area contributed by atoms with Crippen molar-refractivity contribution in [2.75, 3.05) is 13.2 Å². The van der Waals surface area contributed by atoms with Crippen molar-refractivity contribution in [2.24, 2.45) is 5.92 Å². The van der Waals surface area contributed by atoms with Gasteiger partial charge in [-0.1, -0.05) is 6.08 Å². The fourth-order valence-corrected chi connectivity index (χ4v) is 1.30. The van der Waals surface area contributed by atoms with Crippen molar-refractivity contribution in [2.45, 2.75) is 19.1 Å². The fourth-order valence-electron chi connectivity index (χ4n) is 1.30. The Morgan fingerprint density at radius 3 is 2.58 bits per heavy atom. The molecule has 12 heavy (non-hydrogen) atoms. The fraction of sp³-hybridized carbons (Fsp3) is 0.667. The van der Waals surface area contributed by atoms with Crippen LogP contribution in [0.3, 0.4) is 0 Å². The maximum atomic E-state index is 10.3. The summed E-state index contributed by atoms with van der Waals surface area (Å²) < 4.78 is 10.6. The summed E-state index contributed by atoms with van der Waals surface area (Å²) in [4.78, 5) is 10.3. The largest absolute Gasteiger partial charge is 0.350 e. The summed E-state index contributed by atoms with van der Waals surface area (Å²) in [7, 11) is 0. The number of rotatable bonds is 5.